The highest BCUT2D eigenvalue weighted by Gasteiger charge is 2.18. The Kier molecular flexibility index (Phi) is 3.94. The van der Waals surface area contributed by atoms with Crippen LogP contribution in [0.15, 0.2) is 30.5 Å². The van der Waals surface area contributed by atoms with Crippen LogP contribution in [0, 0.1) is 17.8 Å². The molecule has 1 aliphatic carbocycles. The molecule has 1 aliphatic rings. The number of hydrogen-bond acceptors (Lipinski definition) is 4. The van der Waals surface area contributed by atoms with E-state index in [-0.39, 0.29) is 12.3 Å². The average Bonchev–Trinajstić information content (AvgIpc) is 3.28. The van der Waals surface area contributed by atoms with Crippen molar-refractivity contribution in [1.82, 2.24) is 9.78 Å². The van der Waals surface area contributed by atoms with E-state index >= 15 is 0 Å². The molecule has 0 saturated heterocycles. The molecule has 0 atom stereocenters. The summed E-state index contributed by atoms with van der Waals surface area (Å²) in [6.07, 6.45) is 5.40. The van der Waals surface area contributed by atoms with Gasteiger partial charge in [0.2, 0.25) is 0 Å². The molecule has 2 aromatic rings. The van der Waals surface area contributed by atoms with Crippen molar-refractivity contribution in [2.24, 2.45) is 5.92 Å². The minimum Gasteiger partial charge on any atom is -0.464 e. The lowest BCUT2D eigenvalue weighted by molar-refractivity contribution is -0.134. The molecule has 5 heteroatoms. The Balaban J connectivity index is 2.05. The first kappa shape index (κ1) is 14.4. The van der Waals surface area contributed by atoms with Gasteiger partial charge in [0, 0.05) is 16.9 Å². The zero-order chi connectivity index (χ0) is 15.5. The first-order chi connectivity index (χ1) is 10.7. The summed E-state index contributed by atoms with van der Waals surface area (Å²) in [5, 5.41) is 14.2. The second kappa shape index (κ2) is 6.04. The number of aliphatic hydroxyl groups excluding tert-OH is 1. The summed E-state index contributed by atoms with van der Waals surface area (Å²) in [4.78, 5) is 11.9. The first-order valence-corrected chi connectivity index (χ1v) is 7.12. The van der Waals surface area contributed by atoms with Gasteiger partial charge < -0.3 is 9.84 Å². The molecule has 5 nitrogen and oxygen atoms in total. The number of esters is 1. The van der Waals surface area contributed by atoms with E-state index in [0.29, 0.717) is 5.92 Å². The Morgan fingerprint density at radius 2 is 2.36 bits per heavy atom. The minimum absolute atomic E-state index is 0.187. The van der Waals surface area contributed by atoms with Gasteiger partial charge in [0.1, 0.15) is 5.70 Å². The summed E-state index contributed by atoms with van der Waals surface area (Å²) in [6.45, 7) is -0.271. The molecule has 0 aliphatic heterocycles. The Hall–Kier alpha value is -2.58. The van der Waals surface area contributed by atoms with E-state index in [1.807, 2.05) is 18.2 Å². The molecule has 0 bridgehead atoms. The highest BCUT2D eigenvalue weighted by Crippen LogP contribution is 2.27. The Labute approximate surface area is 128 Å². The van der Waals surface area contributed by atoms with E-state index in [4.69, 9.17) is 9.84 Å². The van der Waals surface area contributed by atoms with Crippen molar-refractivity contribution in [1.29, 1.82) is 0 Å². The van der Waals surface area contributed by atoms with Crippen LogP contribution in [0.4, 0.5) is 0 Å². The van der Waals surface area contributed by atoms with E-state index in [9.17, 15) is 4.79 Å². The van der Waals surface area contributed by atoms with E-state index < -0.39 is 5.97 Å². The van der Waals surface area contributed by atoms with Crippen LogP contribution in [-0.4, -0.2) is 34.6 Å². The van der Waals surface area contributed by atoms with Crippen molar-refractivity contribution in [3.8, 4) is 11.8 Å². The molecule has 3 rings (SSSR count). The highest BCUT2D eigenvalue weighted by atomic mass is 16.5. The van der Waals surface area contributed by atoms with Crippen LogP contribution in [0.2, 0.25) is 0 Å². The van der Waals surface area contributed by atoms with E-state index in [2.05, 4.69) is 16.9 Å². The SMILES string of the molecule is COC(=O)/C(=C/CO)n1ncc2ccc(C#CC3CC3)cc21. The van der Waals surface area contributed by atoms with E-state index in [0.717, 1.165) is 16.5 Å². The number of carbonyl (C=O) groups is 1. The molecule has 0 amide bonds. The third kappa shape index (κ3) is 2.87. The number of ether oxygens (including phenoxy) is 1. The lowest BCUT2D eigenvalue weighted by Crippen LogP contribution is -2.12. The molecule has 112 valence electrons. The molecule has 0 radical (unpaired) electrons. The number of hydrogen-bond donors (Lipinski definition) is 1. The molecular formula is C17H16N2O3. The lowest BCUT2D eigenvalue weighted by atomic mass is 10.1. The van der Waals surface area contributed by atoms with Gasteiger partial charge in [-0.15, -0.1) is 0 Å². The van der Waals surface area contributed by atoms with Gasteiger partial charge in [-0.25, -0.2) is 9.48 Å². The van der Waals surface area contributed by atoms with Crippen molar-refractivity contribution in [3.05, 3.63) is 36.0 Å². The third-order valence-electron chi connectivity index (χ3n) is 3.48. The zero-order valence-electron chi connectivity index (χ0n) is 12.2. The highest BCUT2D eigenvalue weighted by molar-refractivity contribution is 6.11. The molecular weight excluding hydrogens is 280 g/mol. The molecule has 1 heterocycles. The van der Waals surface area contributed by atoms with Crippen LogP contribution in [-0.2, 0) is 9.53 Å². The van der Waals surface area contributed by atoms with Crippen molar-refractivity contribution in [2.45, 2.75) is 12.8 Å². The number of fused-ring (bicyclic) bond motifs is 1. The Morgan fingerprint density at radius 3 is 3.05 bits per heavy atom. The third-order valence-corrected chi connectivity index (χ3v) is 3.48. The molecule has 1 aromatic carbocycles. The number of aliphatic hydroxyl groups is 1. The van der Waals surface area contributed by atoms with E-state index in [1.54, 1.807) is 6.20 Å². The van der Waals surface area contributed by atoms with Crippen LogP contribution >= 0.6 is 0 Å². The van der Waals surface area contributed by atoms with Crippen LogP contribution in [0.25, 0.3) is 16.6 Å². The maximum absolute atomic E-state index is 11.9. The second-order valence-corrected chi connectivity index (χ2v) is 5.14. The molecule has 22 heavy (non-hydrogen) atoms. The predicted octanol–water partition coefficient (Wildman–Crippen LogP) is 1.80. The summed E-state index contributed by atoms with van der Waals surface area (Å²) in [6, 6.07) is 5.76. The average molecular weight is 296 g/mol. The monoisotopic (exact) mass is 296 g/mol. The summed E-state index contributed by atoms with van der Waals surface area (Å²) >= 11 is 0. The summed E-state index contributed by atoms with van der Waals surface area (Å²) in [7, 11) is 1.30. The van der Waals surface area contributed by atoms with Crippen LogP contribution < -0.4 is 0 Å². The smallest absolute Gasteiger partial charge is 0.356 e. The van der Waals surface area contributed by atoms with Gasteiger partial charge in [0.15, 0.2) is 0 Å². The topological polar surface area (TPSA) is 64.3 Å². The number of nitrogens with zero attached hydrogens (tertiary/aromatic N) is 2. The van der Waals surface area contributed by atoms with Gasteiger partial charge in [-0.1, -0.05) is 11.8 Å². The van der Waals surface area contributed by atoms with Crippen molar-refractivity contribution in [3.63, 3.8) is 0 Å². The molecule has 1 fully saturated rings. The number of rotatable bonds is 3. The molecule has 1 aromatic heterocycles. The normalized spacial score (nSPS) is 14.5. The van der Waals surface area contributed by atoms with Gasteiger partial charge in [0.25, 0.3) is 0 Å². The maximum Gasteiger partial charge on any atom is 0.356 e. The van der Waals surface area contributed by atoms with E-state index in [1.165, 1.54) is 30.7 Å². The molecule has 0 spiro atoms. The fourth-order valence-corrected chi connectivity index (χ4v) is 2.15. The summed E-state index contributed by atoms with van der Waals surface area (Å²) in [5.41, 5.74) is 1.83. The van der Waals surface area contributed by atoms with Crippen molar-refractivity contribution in [2.75, 3.05) is 13.7 Å². The minimum atomic E-state index is -0.548. The number of aromatic nitrogens is 2. The van der Waals surface area contributed by atoms with Crippen LogP contribution in [0.1, 0.15) is 18.4 Å². The number of carbonyl (C=O) groups excluding carboxylic acids is 1. The standard InChI is InChI=1S/C17H16N2O3/c1-22-17(21)15(8-9-20)19-16-10-13(5-4-12-2-3-12)6-7-14(16)11-18-19/h6-8,10-12,20H,2-3,9H2,1H3/b15-8-. The second-order valence-electron chi connectivity index (χ2n) is 5.14. The van der Waals surface area contributed by atoms with Gasteiger partial charge >= 0.3 is 5.97 Å². The van der Waals surface area contributed by atoms with Crippen LogP contribution in [0.3, 0.4) is 0 Å². The number of methoxy groups -OCH3 is 1. The largest absolute Gasteiger partial charge is 0.464 e. The lowest BCUT2D eigenvalue weighted by Gasteiger charge is -2.07. The number of benzene rings is 1. The summed E-state index contributed by atoms with van der Waals surface area (Å²) < 4.78 is 6.22. The maximum atomic E-state index is 11.9. The van der Waals surface area contributed by atoms with Gasteiger partial charge in [-0.2, -0.15) is 5.10 Å². The van der Waals surface area contributed by atoms with Gasteiger partial charge in [-0.3, -0.25) is 0 Å². The molecule has 0 unspecified atom stereocenters. The van der Waals surface area contributed by atoms with Gasteiger partial charge in [-0.05, 0) is 37.1 Å². The zero-order valence-corrected chi connectivity index (χ0v) is 12.2. The Morgan fingerprint density at radius 1 is 1.55 bits per heavy atom. The van der Waals surface area contributed by atoms with Crippen molar-refractivity contribution < 1.29 is 14.6 Å². The molecule has 1 N–H and O–H groups in total. The van der Waals surface area contributed by atoms with Crippen molar-refractivity contribution >= 4 is 22.6 Å². The first-order valence-electron chi connectivity index (χ1n) is 7.12. The fraction of sp³-hybridized carbons (Fsp3) is 0.294. The predicted molar refractivity (Wildman–Crippen MR) is 82.7 cm³/mol. The summed E-state index contributed by atoms with van der Waals surface area (Å²) in [5.74, 6) is 6.35. The quantitative estimate of drug-likeness (QED) is 0.533. The molecule has 1 saturated carbocycles. The van der Waals surface area contributed by atoms with Crippen LogP contribution in [0.5, 0.6) is 0 Å². The Bertz CT molecular complexity index is 804. The van der Waals surface area contributed by atoms with Gasteiger partial charge in [0.05, 0.1) is 25.4 Å². The fourth-order valence-electron chi connectivity index (χ4n) is 2.15.